The van der Waals surface area contributed by atoms with E-state index >= 15 is 0 Å². The number of aliphatic carboxylic acids is 1. The maximum absolute atomic E-state index is 12.8. The van der Waals surface area contributed by atoms with Crippen molar-refractivity contribution in [3.05, 3.63) is 0 Å². The Morgan fingerprint density at radius 1 is 0.188 bits per heavy atom. The topological polar surface area (TPSA) is 37.3 Å². The molecule has 0 saturated heterocycles. The lowest BCUT2D eigenvalue weighted by molar-refractivity contribution is -0.136. The van der Waals surface area contributed by atoms with Crippen LogP contribution in [0.15, 0.2) is 0 Å². The molecule has 0 amide bonds. The Bertz CT molecular complexity index is 1740. The predicted molar refractivity (Wildman–Crippen MR) is 637 cm³/mol. The molecule has 0 radical (unpaired) electrons. The molecule has 0 spiro atoms. The lowest BCUT2D eigenvalue weighted by atomic mass is 10.0. The number of hydrogen-bond acceptors (Lipinski definition) is 1. The molecule has 1 N–H and O–H groups in total. The highest BCUT2D eigenvalue weighted by atomic mass is 127. The molecule has 0 atom stereocenters. The molecule has 64 heavy (non-hydrogen) atoms. The third-order valence-electron chi connectivity index (χ3n) is 7.72. The summed E-state index contributed by atoms with van der Waals surface area (Å²) in [6, 6.07) is 0. The summed E-state index contributed by atoms with van der Waals surface area (Å²) in [5, 5.41) is 10.5. The van der Waals surface area contributed by atoms with Crippen LogP contribution < -0.4 is 0 Å². The van der Waals surface area contributed by atoms with Gasteiger partial charge in [-0.3, -0.25) is 0 Å². The fourth-order valence-corrected chi connectivity index (χ4v) is 71.8. The molecule has 0 aliphatic carbocycles. The van der Waals surface area contributed by atoms with Crippen LogP contribution in [-0.4, -0.2) is 37.7 Å². The molecule has 0 aromatic carbocycles. The van der Waals surface area contributed by atoms with Gasteiger partial charge in [-0.15, -0.1) is 0 Å². The quantitative estimate of drug-likeness (QED) is 0.0974. The lowest BCUT2D eigenvalue weighted by Gasteiger charge is -2.63. The van der Waals surface area contributed by atoms with Gasteiger partial charge < -0.3 is 5.11 Å². The van der Waals surface area contributed by atoms with E-state index < -0.39 is 14.5 Å². The summed E-state index contributed by atoms with van der Waals surface area (Å²) >= 11 is 111. The van der Waals surface area contributed by atoms with Crippen molar-refractivity contribution < 1.29 is 9.90 Å². The highest BCUT2D eigenvalue weighted by Gasteiger charge is 2.84. The van der Waals surface area contributed by atoms with E-state index in [0.717, 1.165) is 0 Å². The van der Waals surface area contributed by atoms with Crippen molar-refractivity contribution in [3.8, 4) is 0 Å². The Hall–Kier alpha value is 29.4. The smallest absolute Gasteiger partial charge is 0.332 e. The molecule has 0 aromatic heterocycles. The van der Waals surface area contributed by atoms with Gasteiger partial charge in [0.15, 0.2) is 1.43 Å². The number of carboxylic acids is 1. The zero-order chi connectivity index (χ0) is 53.6. The minimum absolute atomic E-state index is 0.0314. The molecule has 0 rings (SSSR count). The van der Waals surface area contributed by atoms with E-state index in [4.69, 9.17) is 0 Å². The highest BCUT2D eigenvalue weighted by Crippen LogP contribution is 2.86. The van der Waals surface area contributed by atoms with Gasteiger partial charge >= 0.3 is 5.97 Å². The fourth-order valence-electron chi connectivity index (χ4n) is 3.66. The first kappa shape index (κ1) is 93.4. The first-order chi connectivity index (χ1) is 26.7. The maximum Gasteiger partial charge on any atom is 0.332 e. The van der Waals surface area contributed by atoms with E-state index in [0.29, 0.717) is 0 Å². The molecule has 0 unspecified atom stereocenters. The SMILES string of the molecule is O=C(O)C(I)(I)C(I)(I)C(I)(I)C(I)(I)C(I)(I)C(I)(I)C(I)(I)C(I)(I)C(I)(I)C(I)(I)C(I)(I)C(I)(I)C(I)(I)C(I)(I)C(I)(I)C(I)(I)C(I)(I)C(I)(I)C(I)(I)C(I)(I)I. The standard InChI is InChI=1S/C21HI41O2/c22-2(23,1(63)64)3(24,25)4(26,27)5(28,29)6(30,31)7(32,33)8(34,35)9(36,37)10(38,39)11(40,41)12(42,43)13(44,45)14(46,47)15(48,49)16(50,51)17(52,53)18(54,55)19(56,57)20(58,59)21(60,61)62/h(H,63,64). The summed E-state index contributed by atoms with van der Waals surface area (Å²) in [5.41, 5.74) is 0. The van der Waals surface area contributed by atoms with Gasteiger partial charge in [0.1, 0.15) is 25.1 Å². The van der Waals surface area contributed by atoms with Gasteiger partial charge in [0.2, 0.25) is 0 Å². The number of rotatable bonds is 20. The molecule has 43 heteroatoms. The summed E-state index contributed by atoms with van der Waals surface area (Å²) in [4.78, 5) is 12.8. The Balaban J connectivity index is 8.02. The molecule has 0 fully saturated rings. The first-order valence-corrected chi connectivity index (χ1v) is 57.4. The second kappa shape index (κ2) is 33.2. The van der Waals surface area contributed by atoms with Crippen LogP contribution in [0, 0.1) is 0 Å². The average Bonchev–Trinajstić information content (AvgIpc) is 3.05. The molecule has 2 nitrogen and oxygen atoms in total. The van der Waals surface area contributed by atoms with Gasteiger partial charge in [-0.1, -0.05) is 926 Å². The van der Waals surface area contributed by atoms with E-state index in [1.165, 1.54) is 0 Å². The molecule has 0 aliphatic heterocycles. The van der Waals surface area contributed by atoms with E-state index in [2.05, 4.69) is 926 Å². The molecule has 384 valence electrons. The molecule has 0 saturated carbocycles. The Morgan fingerprint density at radius 2 is 0.281 bits per heavy atom. The van der Waals surface area contributed by atoms with Crippen molar-refractivity contribution in [2.45, 2.75) is 26.6 Å². The number of alkyl halides is 41. The van der Waals surface area contributed by atoms with Crippen LogP contribution in [0.5, 0.6) is 0 Å². The van der Waals surface area contributed by atoms with E-state index in [1.807, 2.05) is 0 Å². The zero-order valence-corrected chi connectivity index (χ0v) is 115. The summed E-state index contributed by atoms with van der Waals surface area (Å²) in [6.07, 6.45) is 0. The van der Waals surface area contributed by atoms with Crippen molar-refractivity contribution in [1.29, 1.82) is 0 Å². The van der Waals surface area contributed by atoms with E-state index in [-0.39, 0.29) is 18.0 Å². The number of halogens is 41. The lowest BCUT2D eigenvalue weighted by Crippen LogP contribution is -2.74. The summed E-state index contributed by atoms with van der Waals surface area (Å²) in [6.45, 7) is 0. The molecule has 0 aromatic rings. The normalized spacial score (nSPS) is 17.3. The molecular weight excluding hydrogens is 5490 g/mol. The van der Waals surface area contributed by atoms with Gasteiger partial charge in [0.05, 0.1) is 0 Å². The van der Waals surface area contributed by atoms with Crippen LogP contribution in [-0.2, 0) is 4.79 Å². The van der Waals surface area contributed by atoms with E-state index in [9.17, 15) is 9.90 Å². The van der Waals surface area contributed by atoms with Gasteiger partial charge in [-0.2, -0.15) is 0 Å². The zero-order valence-electron chi connectivity index (χ0n) is 26.9. The highest BCUT2D eigenvalue weighted by molar-refractivity contribution is 14.3. The fraction of sp³-hybridized carbons (Fsp3) is 0.952. The Morgan fingerprint density at radius 3 is 0.375 bits per heavy atom. The Labute approximate surface area is 935 Å². The number of carbonyl (C=O) groups is 1. The summed E-state index contributed by atoms with van der Waals surface area (Å²) in [5.74, 6) is -0.819. The molecule has 0 bridgehead atoms. The predicted octanol–water partition coefficient (Wildman–Crippen LogP) is 31.8. The third kappa shape index (κ3) is 17.5. The average molecular weight is 5490 g/mol. The second-order valence-electron chi connectivity index (χ2n) is 11.7. The van der Waals surface area contributed by atoms with Crippen molar-refractivity contribution >= 4 is 932 Å². The minimum Gasteiger partial charge on any atom is -0.480 e. The third-order valence-corrected chi connectivity index (χ3v) is 151. The van der Waals surface area contributed by atoms with Crippen molar-refractivity contribution in [2.75, 3.05) is 0 Å². The van der Waals surface area contributed by atoms with Crippen LogP contribution in [0.3, 0.4) is 0 Å². The van der Waals surface area contributed by atoms with Crippen LogP contribution in [0.4, 0.5) is 0 Å². The van der Waals surface area contributed by atoms with Gasteiger partial charge in [-0.05, 0) is 0 Å². The number of hydrogen-bond donors (Lipinski definition) is 1. The molecule has 0 aliphatic rings. The van der Waals surface area contributed by atoms with Crippen molar-refractivity contribution in [2.24, 2.45) is 0 Å². The second-order valence-corrected chi connectivity index (χ2v) is 123. The molecular formula is C21HI41O2. The minimum atomic E-state index is -1.06. The van der Waals surface area contributed by atoms with Crippen LogP contribution >= 0.6 is 926 Å². The first-order valence-electron chi connectivity index (χ1n) is 13.2. The largest absolute Gasteiger partial charge is 0.480 e. The van der Waals surface area contributed by atoms with Crippen LogP contribution in [0.1, 0.15) is 0 Å². The maximum atomic E-state index is 12.8. The van der Waals surface area contributed by atoms with Crippen molar-refractivity contribution in [3.63, 3.8) is 0 Å². The Kier molecular flexibility index (Phi) is 48.5. The summed E-state index contributed by atoms with van der Waals surface area (Å²) < 4.78 is -7.36. The van der Waals surface area contributed by atoms with Crippen LogP contribution in [0.25, 0.3) is 0 Å². The number of carboxylic acid groups (broad SMARTS) is 1. The monoisotopic (exact) mass is 5490 g/mol. The molecule has 0 heterocycles. The van der Waals surface area contributed by atoms with Crippen molar-refractivity contribution in [1.82, 2.24) is 0 Å². The van der Waals surface area contributed by atoms with Gasteiger partial charge in [-0.25, -0.2) is 4.79 Å². The van der Waals surface area contributed by atoms with E-state index in [1.54, 1.807) is 0 Å². The van der Waals surface area contributed by atoms with Gasteiger partial charge in [0.25, 0.3) is 0 Å². The summed E-state index contributed by atoms with van der Waals surface area (Å²) in [7, 11) is 0. The van der Waals surface area contributed by atoms with Gasteiger partial charge in [0, 0.05) is 0 Å². The van der Waals surface area contributed by atoms with Crippen LogP contribution in [0.2, 0.25) is 0 Å².